The van der Waals surface area contributed by atoms with Crippen LogP contribution in [0, 0.1) is 0 Å². The number of ether oxygens (including phenoxy) is 2. The van der Waals surface area contributed by atoms with E-state index in [1.165, 1.54) is 7.11 Å². The van der Waals surface area contributed by atoms with Crippen LogP contribution in [0.3, 0.4) is 0 Å². The fourth-order valence-corrected chi connectivity index (χ4v) is 1.09. The van der Waals surface area contributed by atoms with Crippen LogP contribution in [0.15, 0.2) is 30.3 Å². The lowest BCUT2D eigenvalue weighted by molar-refractivity contribution is -0.138. The molecular weight excluding hydrogens is 208 g/mol. The molecule has 0 N–H and O–H groups in total. The number of hydrogen-bond donors (Lipinski definition) is 0. The zero-order chi connectivity index (χ0) is 11.8. The van der Waals surface area contributed by atoms with Crippen LogP contribution in [-0.4, -0.2) is 30.2 Å². The lowest BCUT2D eigenvalue weighted by Crippen LogP contribution is -2.22. The highest BCUT2D eigenvalue weighted by molar-refractivity contribution is 6.34. The molecule has 0 saturated heterocycles. The van der Waals surface area contributed by atoms with Crippen LogP contribution in [0.1, 0.15) is 5.56 Å². The third-order valence-corrected chi connectivity index (χ3v) is 1.89. The normalized spacial score (nSPS) is 9.31. The van der Waals surface area contributed by atoms with E-state index in [9.17, 15) is 4.79 Å². The molecule has 84 valence electrons. The topological polar surface area (TPSA) is 71.9 Å². The van der Waals surface area contributed by atoms with Crippen LogP contribution in [0.25, 0.3) is 5.53 Å². The second-order valence-corrected chi connectivity index (χ2v) is 3.02. The summed E-state index contributed by atoms with van der Waals surface area (Å²) in [4.78, 5) is 13.8. The van der Waals surface area contributed by atoms with Gasteiger partial charge < -0.3 is 15.0 Å². The Morgan fingerprint density at radius 3 is 2.62 bits per heavy atom. The van der Waals surface area contributed by atoms with E-state index in [0.29, 0.717) is 6.61 Å². The van der Waals surface area contributed by atoms with Crippen molar-refractivity contribution in [3.63, 3.8) is 0 Å². The Hall–Kier alpha value is -1.97. The Kier molecular flexibility index (Phi) is 4.92. The number of benzene rings is 1. The van der Waals surface area contributed by atoms with Crippen LogP contribution < -0.4 is 0 Å². The molecule has 0 heterocycles. The third kappa shape index (κ3) is 3.65. The van der Waals surface area contributed by atoms with Gasteiger partial charge in [0, 0.05) is 0 Å². The van der Waals surface area contributed by atoms with Gasteiger partial charge in [-0.2, -0.15) is 4.79 Å². The fraction of sp³-hybridized carbons (Fsp3) is 0.273. The maximum absolute atomic E-state index is 11.0. The zero-order valence-corrected chi connectivity index (χ0v) is 8.92. The molecule has 5 nitrogen and oxygen atoms in total. The maximum Gasteiger partial charge on any atom is 0.419 e. The number of hydrogen-bond acceptors (Lipinski definition) is 3. The Bertz CT molecular complexity index is 397. The molecular formula is C11H12N2O3. The predicted octanol–water partition coefficient (Wildman–Crippen LogP) is 1.05. The quantitative estimate of drug-likeness (QED) is 0.322. The monoisotopic (exact) mass is 220 g/mol. The molecule has 0 amide bonds. The molecule has 16 heavy (non-hydrogen) atoms. The van der Waals surface area contributed by atoms with Crippen LogP contribution in [-0.2, 0) is 20.9 Å². The van der Waals surface area contributed by atoms with E-state index in [0.717, 1.165) is 5.56 Å². The molecule has 0 radical (unpaired) electrons. The molecule has 0 bridgehead atoms. The first-order chi connectivity index (χ1) is 7.77. The van der Waals surface area contributed by atoms with Crippen molar-refractivity contribution in [1.29, 1.82) is 0 Å². The highest BCUT2D eigenvalue weighted by Crippen LogP contribution is 2.00. The maximum atomic E-state index is 11.0. The number of carbonyl (C=O) groups is 1. The number of rotatable bonds is 5. The van der Waals surface area contributed by atoms with Crippen LogP contribution in [0.4, 0.5) is 0 Å². The molecule has 0 aliphatic heterocycles. The third-order valence-electron chi connectivity index (χ3n) is 1.89. The van der Waals surface area contributed by atoms with Gasteiger partial charge in [0.05, 0.1) is 13.7 Å². The van der Waals surface area contributed by atoms with Crippen molar-refractivity contribution >= 4 is 11.7 Å². The summed E-state index contributed by atoms with van der Waals surface area (Å²) in [5.41, 5.74) is 9.35. The van der Waals surface area contributed by atoms with Gasteiger partial charge in [-0.15, -0.1) is 0 Å². The molecule has 0 saturated carbocycles. The largest absolute Gasteiger partial charge is 0.460 e. The Morgan fingerprint density at radius 1 is 1.38 bits per heavy atom. The predicted molar refractivity (Wildman–Crippen MR) is 56.7 cm³/mol. The molecule has 0 aliphatic rings. The second kappa shape index (κ2) is 6.50. The van der Waals surface area contributed by atoms with Crippen molar-refractivity contribution in [2.45, 2.75) is 6.61 Å². The molecule has 5 heteroatoms. The molecule has 1 aromatic carbocycles. The first-order valence-corrected chi connectivity index (χ1v) is 4.69. The van der Waals surface area contributed by atoms with E-state index < -0.39 is 5.97 Å². The van der Waals surface area contributed by atoms with Gasteiger partial charge >= 0.3 is 11.7 Å². The van der Waals surface area contributed by atoms with Gasteiger partial charge in [0.1, 0.15) is 0 Å². The van der Waals surface area contributed by atoms with Gasteiger partial charge in [-0.25, -0.2) is 4.79 Å². The summed E-state index contributed by atoms with van der Waals surface area (Å²) in [6.45, 7) is 0.259. The van der Waals surface area contributed by atoms with Gasteiger partial charge in [0.2, 0.25) is 0 Å². The summed E-state index contributed by atoms with van der Waals surface area (Å²) in [6.07, 6.45) is 0. The molecule has 1 rings (SSSR count). The SMILES string of the molecule is COC(=O)C(COCc1ccccc1)=[N+]=[N-]. The average Bonchev–Trinajstić information content (AvgIpc) is 2.35. The van der Waals surface area contributed by atoms with Gasteiger partial charge in [0.15, 0.2) is 6.61 Å². The summed E-state index contributed by atoms with van der Waals surface area (Å²) in [5.74, 6) is -0.699. The van der Waals surface area contributed by atoms with Gasteiger partial charge in [-0.1, -0.05) is 30.3 Å². The summed E-state index contributed by atoms with van der Waals surface area (Å²) in [7, 11) is 1.21. The van der Waals surface area contributed by atoms with E-state index >= 15 is 0 Å². The molecule has 0 unspecified atom stereocenters. The van der Waals surface area contributed by atoms with Crippen molar-refractivity contribution in [1.82, 2.24) is 0 Å². The first-order valence-electron chi connectivity index (χ1n) is 4.69. The number of methoxy groups -OCH3 is 1. The second-order valence-electron chi connectivity index (χ2n) is 3.02. The number of esters is 1. The van der Waals surface area contributed by atoms with Gasteiger partial charge in [-0.3, -0.25) is 0 Å². The number of carbonyl (C=O) groups excluding carboxylic acids is 1. The average molecular weight is 220 g/mol. The molecule has 0 atom stereocenters. The van der Waals surface area contributed by atoms with Crippen LogP contribution in [0.5, 0.6) is 0 Å². The summed E-state index contributed by atoms with van der Waals surface area (Å²) in [6, 6.07) is 9.47. The number of nitrogens with zero attached hydrogens (tertiary/aromatic N) is 2. The molecule has 0 aliphatic carbocycles. The van der Waals surface area contributed by atoms with Gasteiger partial charge in [-0.05, 0) is 5.56 Å². The van der Waals surface area contributed by atoms with E-state index in [4.69, 9.17) is 10.3 Å². The Morgan fingerprint density at radius 2 is 2.06 bits per heavy atom. The smallest absolute Gasteiger partial charge is 0.419 e. The van der Waals surface area contributed by atoms with Crippen molar-refractivity contribution in [2.24, 2.45) is 0 Å². The minimum absolute atomic E-state index is 0.0853. The van der Waals surface area contributed by atoms with Crippen molar-refractivity contribution in [3.05, 3.63) is 41.4 Å². The summed E-state index contributed by atoms with van der Waals surface area (Å²) < 4.78 is 9.60. The van der Waals surface area contributed by atoms with Crippen molar-refractivity contribution < 1.29 is 19.1 Å². The van der Waals surface area contributed by atoms with E-state index in [-0.39, 0.29) is 12.3 Å². The Balaban J connectivity index is 2.41. The highest BCUT2D eigenvalue weighted by atomic mass is 16.5. The lowest BCUT2D eigenvalue weighted by Gasteiger charge is -2.00. The Labute approximate surface area is 93.2 Å². The molecule has 0 aromatic heterocycles. The fourth-order valence-electron chi connectivity index (χ4n) is 1.09. The molecule has 1 aromatic rings. The van der Waals surface area contributed by atoms with Gasteiger partial charge in [0.25, 0.3) is 0 Å². The molecule has 0 spiro atoms. The van der Waals surface area contributed by atoms with Crippen LogP contribution in [0.2, 0.25) is 0 Å². The summed E-state index contributed by atoms with van der Waals surface area (Å²) in [5, 5.41) is 0. The standard InChI is InChI=1S/C11H12N2O3/c1-15-11(14)10(13-12)8-16-7-9-5-3-2-4-6-9/h2-6H,7-8H2,1H3. The highest BCUT2D eigenvalue weighted by Gasteiger charge is 2.20. The summed E-state index contributed by atoms with van der Waals surface area (Å²) >= 11 is 0. The lowest BCUT2D eigenvalue weighted by atomic mass is 10.2. The first kappa shape index (κ1) is 12.1. The minimum Gasteiger partial charge on any atom is -0.460 e. The van der Waals surface area contributed by atoms with Crippen molar-refractivity contribution in [2.75, 3.05) is 13.7 Å². The van der Waals surface area contributed by atoms with Crippen molar-refractivity contribution in [3.8, 4) is 0 Å². The van der Waals surface area contributed by atoms with E-state index in [1.54, 1.807) is 0 Å². The zero-order valence-electron chi connectivity index (χ0n) is 8.92. The van der Waals surface area contributed by atoms with E-state index in [2.05, 4.69) is 9.53 Å². The van der Waals surface area contributed by atoms with E-state index in [1.807, 2.05) is 30.3 Å². The molecule has 0 fully saturated rings. The van der Waals surface area contributed by atoms with Crippen LogP contribution >= 0.6 is 0 Å². The minimum atomic E-state index is -0.699.